The molecule has 2 rings (SSSR count). The number of anilines is 1. The molecule has 1 aromatic heterocycles. The van der Waals surface area contributed by atoms with E-state index in [2.05, 4.69) is 21.2 Å². The summed E-state index contributed by atoms with van der Waals surface area (Å²) in [5.41, 5.74) is 1.95. The summed E-state index contributed by atoms with van der Waals surface area (Å²) in [6, 6.07) is 5.12. The quantitative estimate of drug-likeness (QED) is 0.924. The number of carbonyl (C=O) groups excluding carboxylic acids is 1. The molecule has 2 aromatic rings. The summed E-state index contributed by atoms with van der Waals surface area (Å²) in [5.74, 6) is 0.910. The van der Waals surface area contributed by atoms with Gasteiger partial charge in [-0.2, -0.15) is 0 Å². The van der Waals surface area contributed by atoms with Gasteiger partial charge < -0.3 is 19.2 Å². The molecule has 1 aromatic carbocycles. The van der Waals surface area contributed by atoms with Crippen LogP contribution in [0.2, 0.25) is 0 Å². The van der Waals surface area contributed by atoms with Crippen molar-refractivity contribution in [1.82, 2.24) is 0 Å². The lowest BCUT2D eigenvalue weighted by molar-refractivity contribution is 0.102. The second-order valence-corrected chi connectivity index (χ2v) is 4.80. The van der Waals surface area contributed by atoms with Crippen molar-refractivity contribution >= 4 is 27.5 Å². The molecule has 6 heteroatoms. The predicted octanol–water partition coefficient (Wildman–Crippen LogP) is 3.62. The highest BCUT2D eigenvalue weighted by Crippen LogP contribution is 2.33. The number of furan rings is 1. The minimum Gasteiger partial charge on any atom is -0.493 e. The summed E-state index contributed by atoms with van der Waals surface area (Å²) >= 11 is 3.18. The van der Waals surface area contributed by atoms with Crippen molar-refractivity contribution in [1.29, 1.82) is 0 Å². The van der Waals surface area contributed by atoms with Gasteiger partial charge in [0.1, 0.15) is 0 Å². The van der Waals surface area contributed by atoms with Gasteiger partial charge >= 0.3 is 0 Å². The minimum absolute atomic E-state index is 0.263. The van der Waals surface area contributed by atoms with E-state index in [4.69, 9.17) is 13.9 Å². The SMILES string of the molecule is COc1cc(C)c(NC(=O)c2ccoc2Br)cc1OC. The molecule has 0 aliphatic carbocycles. The van der Waals surface area contributed by atoms with Crippen molar-refractivity contribution in [2.24, 2.45) is 0 Å². The molecule has 1 heterocycles. The third-order valence-electron chi connectivity index (χ3n) is 2.84. The molecular formula is C14H14BrNO4. The number of benzene rings is 1. The zero-order chi connectivity index (χ0) is 14.7. The number of hydrogen-bond donors (Lipinski definition) is 1. The van der Waals surface area contributed by atoms with Gasteiger partial charge in [0, 0.05) is 11.8 Å². The maximum Gasteiger partial charge on any atom is 0.260 e. The third kappa shape index (κ3) is 2.80. The summed E-state index contributed by atoms with van der Waals surface area (Å²) in [4.78, 5) is 12.1. The Balaban J connectivity index is 2.30. The average Bonchev–Trinajstić information content (AvgIpc) is 2.86. The van der Waals surface area contributed by atoms with E-state index in [1.54, 1.807) is 32.4 Å². The van der Waals surface area contributed by atoms with E-state index in [-0.39, 0.29) is 5.91 Å². The monoisotopic (exact) mass is 339 g/mol. The molecule has 0 radical (unpaired) electrons. The number of aryl methyl sites for hydroxylation is 1. The second kappa shape index (κ2) is 6.00. The Morgan fingerprint density at radius 3 is 2.45 bits per heavy atom. The van der Waals surface area contributed by atoms with Crippen LogP contribution in [0.5, 0.6) is 11.5 Å². The van der Waals surface area contributed by atoms with Crippen molar-refractivity contribution in [3.63, 3.8) is 0 Å². The van der Waals surface area contributed by atoms with E-state index >= 15 is 0 Å². The smallest absolute Gasteiger partial charge is 0.260 e. The number of methoxy groups -OCH3 is 2. The van der Waals surface area contributed by atoms with Gasteiger partial charge in [0.15, 0.2) is 16.2 Å². The van der Waals surface area contributed by atoms with Gasteiger partial charge in [0.25, 0.3) is 5.91 Å². The summed E-state index contributed by atoms with van der Waals surface area (Å²) in [7, 11) is 3.11. The van der Waals surface area contributed by atoms with Crippen molar-refractivity contribution in [3.05, 3.63) is 40.3 Å². The first-order chi connectivity index (χ1) is 9.56. The van der Waals surface area contributed by atoms with Gasteiger partial charge in [-0.15, -0.1) is 0 Å². The molecule has 0 aliphatic heterocycles. The van der Waals surface area contributed by atoms with E-state index in [1.807, 2.05) is 6.92 Å². The highest BCUT2D eigenvalue weighted by atomic mass is 79.9. The van der Waals surface area contributed by atoms with E-state index < -0.39 is 0 Å². The highest BCUT2D eigenvalue weighted by Gasteiger charge is 2.15. The fourth-order valence-electron chi connectivity index (χ4n) is 1.76. The Morgan fingerprint density at radius 1 is 1.25 bits per heavy atom. The van der Waals surface area contributed by atoms with Crippen LogP contribution >= 0.6 is 15.9 Å². The number of halogens is 1. The van der Waals surface area contributed by atoms with Gasteiger partial charge in [-0.25, -0.2) is 0 Å². The maximum atomic E-state index is 12.1. The zero-order valence-corrected chi connectivity index (χ0v) is 12.9. The predicted molar refractivity (Wildman–Crippen MR) is 78.6 cm³/mol. The Kier molecular flexibility index (Phi) is 4.34. The van der Waals surface area contributed by atoms with Crippen LogP contribution in [0.1, 0.15) is 15.9 Å². The first-order valence-corrected chi connectivity index (χ1v) is 6.63. The maximum absolute atomic E-state index is 12.1. The van der Waals surface area contributed by atoms with Gasteiger partial charge in [-0.3, -0.25) is 4.79 Å². The minimum atomic E-state index is -0.263. The molecule has 0 spiro atoms. The van der Waals surface area contributed by atoms with Crippen molar-refractivity contribution < 1.29 is 18.7 Å². The fraction of sp³-hybridized carbons (Fsp3) is 0.214. The van der Waals surface area contributed by atoms with E-state index in [1.165, 1.54) is 6.26 Å². The molecule has 0 saturated carbocycles. The summed E-state index contributed by atoms with van der Waals surface area (Å²) in [6.45, 7) is 1.88. The van der Waals surface area contributed by atoms with E-state index in [0.29, 0.717) is 27.4 Å². The molecule has 5 nitrogen and oxygen atoms in total. The number of rotatable bonds is 4. The molecule has 0 unspecified atom stereocenters. The van der Waals surface area contributed by atoms with Crippen LogP contribution in [-0.2, 0) is 0 Å². The lowest BCUT2D eigenvalue weighted by Gasteiger charge is -2.13. The van der Waals surface area contributed by atoms with Gasteiger partial charge in [-0.1, -0.05) is 0 Å². The van der Waals surface area contributed by atoms with Crippen LogP contribution < -0.4 is 14.8 Å². The Hall–Kier alpha value is -1.95. The topological polar surface area (TPSA) is 60.7 Å². The van der Waals surface area contributed by atoms with E-state index in [9.17, 15) is 4.79 Å². The van der Waals surface area contributed by atoms with Crippen LogP contribution in [-0.4, -0.2) is 20.1 Å². The third-order valence-corrected chi connectivity index (χ3v) is 3.46. The van der Waals surface area contributed by atoms with Gasteiger partial charge in [0.05, 0.1) is 26.0 Å². The molecule has 0 fully saturated rings. The van der Waals surface area contributed by atoms with Gasteiger partial charge in [0.2, 0.25) is 0 Å². The molecule has 20 heavy (non-hydrogen) atoms. The van der Waals surface area contributed by atoms with Crippen molar-refractivity contribution in [3.8, 4) is 11.5 Å². The molecule has 106 valence electrons. The van der Waals surface area contributed by atoms with Crippen LogP contribution in [0.25, 0.3) is 0 Å². The molecular weight excluding hydrogens is 326 g/mol. The summed E-state index contributed by atoms with van der Waals surface area (Å²) in [6.07, 6.45) is 1.44. The van der Waals surface area contributed by atoms with Crippen molar-refractivity contribution in [2.45, 2.75) is 6.92 Å². The second-order valence-electron chi connectivity index (χ2n) is 4.08. The van der Waals surface area contributed by atoms with Crippen LogP contribution in [0.4, 0.5) is 5.69 Å². The normalized spacial score (nSPS) is 10.2. The molecule has 1 N–H and O–H groups in total. The van der Waals surface area contributed by atoms with E-state index in [0.717, 1.165) is 5.56 Å². The molecule has 1 amide bonds. The highest BCUT2D eigenvalue weighted by molar-refractivity contribution is 9.10. The lowest BCUT2D eigenvalue weighted by atomic mass is 10.1. The molecule has 0 atom stereocenters. The lowest BCUT2D eigenvalue weighted by Crippen LogP contribution is -2.12. The first kappa shape index (κ1) is 14.5. The van der Waals surface area contributed by atoms with Gasteiger partial charge in [-0.05, 0) is 40.5 Å². The number of nitrogens with one attached hydrogen (secondary N) is 1. The summed E-state index contributed by atoms with van der Waals surface area (Å²) in [5, 5.41) is 2.81. The number of amides is 1. The Labute approximate surface area is 125 Å². The largest absolute Gasteiger partial charge is 0.493 e. The van der Waals surface area contributed by atoms with Crippen LogP contribution in [0.3, 0.4) is 0 Å². The first-order valence-electron chi connectivity index (χ1n) is 5.83. The number of hydrogen-bond acceptors (Lipinski definition) is 4. The molecule has 0 aliphatic rings. The molecule has 0 saturated heterocycles. The Morgan fingerprint density at radius 2 is 1.90 bits per heavy atom. The fourth-order valence-corrected chi connectivity index (χ4v) is 2.18. The Bertz CT molecular complexity index is 636. The number of ether oxygens (including phenoxy) is 2. The summed E-state index contributed by atoms with van der Waals surface area (Å²) < 4.78 is 15.9. The molecule has 0 bridgehead atoms. The number of carbonyl (C=O) groups is 1. The zero-order valence-electron chi connectivity index (χ0n) is 11.3. The average molecular weight is 340 g/mol. The van der Waals surface area contributed by atoms with Crippen LogP contribution in [0.15, 0.2) is 33.5 Å². The van der Waals surface area contributed by atoms with Crippen LogP contribution in [0, 0.1) is 6.92 Å². The van der Waals surface area contributed by atoms with Crippen molar-refractivity contribution in [2.75, 3.05) is 19.5 Å². The standard InChI is InChI=1S/C14H14BrNO4/c1-8-6-11(18-2)12(19-3)7-10(8)16-14(17)9-4-5-20-13(9)15/h4-7H,1-3H3,(H,16,17).